The highest BCUT2D eigenvalue weighted by atomic mass is 35.5. The largest absolute Gasteiger partial charge is 0.378 e. The van der Waals surface area contributed by atoms with Crippen LogP contribution in [-0.2, 0) is 0 Å². The van der Waals surface area contributed by atoms with Gasteiger partial charge in [-0.25, -0.2) is 0 Å². The molecule has 0 fully saturated rings. The van der Waals surface area contributed by atoms with Crippen molar-refractivity contribution < 1.29 is 4.79 Å². The number of anilines is 1. The quantitative estimate of drug-likeness (QED) is 0.586. The molecule has 2 nitrogen and oxygen atoms in total. The minimum absolute atomic E-state index is 0.0839. The minimum atomic E-state index is -0.0839. The summed E-state index contributed by atoms with van der Waals surface area (Å²) in [5.74, 6) is -0.0839. The van der Waals surface area contributed by atoms with Crippen molar-refractivity contribution in [3.8, 4) is 0 Å². The second-order valence-corrected chi connectivity index (χ2v) is 5.65. The van der Waals surface area contributed by atoms with E-state index in [1.54, 1.807) is 30.3 Å². The summed E-state index contributed by atoms with van der Waals surface area (Å²) < 4.78 is 0. The van der Waals surface area contributed by atoms with Crippen LogP contribution in [0.3, 0.4) is 0 Å². The number of rotatable bonds is 4. The molecular formula is C17H15Cl2NO. The number of allylic oxidation sites excluding steroid dienone is 1. The molecule has 2 aromatic carbocycles. The lowest BCUT2D eigenvalue weighted by atomic mass is 10.1. The molecule has 0 aromatic heterocycles. The van der Waals surface area contributed by atoms with Crippen LogP contribution in [0.25, 0.3) is 6.08 Å². The molecule has 2 aromatic rings. The first-order valence-electron chi connectivity index (χ1n) is 6.42. The third-order valence-corrected chi connectivity index (χ3v) is 3.62. The van der Waals surface area contributed by atoms with Crippen molar-refractivity contribution in [1.82, 2.24) is 0 Å². The average molecular weight is 320 g/mol. The van der Waals surface area contributed by atoms with Gasteiger partial charge < -0.3 is 4.90 Å². The van der Waals surface area contributed by atoms with Crippen molar-refractivity contribution in [2.45, 2.75) is 0 Å². The van der Waals surface area contributed by atoms with Crippen LogP contribution in [0.1, 0.15) is 15.9 Å². The number of carbonyl (C=O) groups excluding carboxylic acids is 1. The normalized spacial score (nSPS) is 10.9. The summed E-state index contributed by atoms with van der Waals surface area (Å²) in [6, 6.07) is 12.5. The fourth-order valence-corrected chi connectivity index (χ4v) is 2.17. The van der Waals surface area contributed by atoms with Crippen LogP contribution < -0.4 is 4.90 Å². The summed E-state index contributed by atoms with van der Waals surface area (Å²) in [4.78, 5) is 14.0. The van der Waals surface area contributed by atoms with E-state index in [2.05, 4.69) is 0 Å². The maximum Gasteiger partial charge on any atom is 0.185 e. The Bertz CT molecular complexity index is 676. The van der Waals surface area contributed by atoms with Gasteiger partial charge in [-0.3, -0.25) is 4.79 Å². The molecule has 0 saturated carbocycles. The molecule has 0 saturated heterocycles. The molecule has 0 aliphatic carbocycles. The van der Waals surface area contributed by atoms with Gasteiger partial charge in [0, 0.05) is 35.4 Å². The molecule has 0 aliphatic rings. The summed E-state index contributed by atoms with van der Waals surface area (Å²) in [5.41, 5.74) is 2.42. The predicted molar refractivity (Wildman–Crippen MR) is 90.6 cm³/mol. The molecule has 0 heterocycles. The fourth-order valence-electron chi connectivity index (χ4n) is 1.81. The second-order valence-electron chi connectivity index (χ2n) is 4.80. The van der Waals surface area contributed by atoms with Crippen molar-refractivity contribution in [2.75, 3.05) is 19.0 Å². The number of halogens is 2. The van der Waals surface area contributed by atoms with Crippen molar-refractivity contribution in [2.24, 2.45) is 0 Å². The molecule has 2 rings (SSSR count). The Balaban J connectivity index is 2.17. The number of benzene rings is 2. The Labute approximate surface area is 134 Å². The zero-order valence-corrected chi connectivity index (χ0v) is 13.3. The van der Waals surface area contributed by atoms with E-state index in [9.17, 15) is 4.79 Å². The van der Waals surface area contributed by atoms with Crippen LogP contribution in [0.4, 0.5) is 5.69 Å². The van der Waals surface area contributed by atoms with Crippen molar-refractivity contribution in [3.05, 3.63) is 69.7 Å². The number of nitrogens with zero attached hydrogens (tertiary/aromatic N) is 1. The Kier molecular flexibility index (Phi) is 5.05. The van der Waals surface area contributed by atoms with Crippen LogP contribution in [0.2, 0.25) is 10.0 Å². The van der Waals surface area contributed by atoms with E-state index in [0.29, 0.717) is 15.6 Å². The molecule has 0 aliphatic heterocycles. The highest BCUT2D eigenvalue weighted by Gasteiger charge is 2.04. The maximum absolute atomic E-state index is 12.0. The van der Waals surface area contributed by atoms with Crippen molar-refractivity contribution in [3.63, 3.8) is 0 Å². The van der Waals surface area contributed by atoms with Gasteiger partial charge in [0.1, 0.15) is 0 Å². The predicted octanol–water partition coefficient (Wildman–Crippen LogP) is 4.96. The lowest BCUT2D eigenvalue weighted by molar-refractivity contribution is 0.104. The molecule has 4 heteroatoms. The molecule has 0 unspecified atom stereocenters. The van der Waals surface area contributed by atoms with Gasteiger partial charge in [-0.2, -0.15) is 0 Å². The molecule has 0 radical (unpaired) electrons. The van der Waals surface area contributed by atoms with E-state index < -0.39 is 0 Å². The standard InChI is InChI=1S/C17H15Cl2NO/c1-20(2)15-9-5-12(16(19)11-15)6-10-17(21)13-3-7-14(18)8-4-13/h3-11H,1-2H3. The van der Waals surface area contributed by atoms with E-state index in [4.69, 9.17) is 23.2 Å². The topological polar surface area (TPSA) is 20.3 Å². The van der Waals surface area contributed by atoms with E-state index in [1.807, 2.05) is 37.2 Å². The van der Waals surface area contributed by atoms with Gasteiger partial charge in [-0.1, -0.05) is 29.3 Å². The summed E-state index contributed by atoms with van der Waals surface area (Å²) in [7, 11) is 3.90. The zero-order valence-electron chi connectivity index (χ0n) is 11.8. The SMILES string of the molecule is CN(C)c1ccc(C=CC(=O)c2ccc(Cl)cc2)c(Cl)c1. The second kappa shape index (κ2) is 6.79. The van der Waals surface area contributed by atoms with Gasteiger partial charge in [0.15, 0.2) is 5.78 Å². The first kappa shape index (κ1) is 15.6. The Morgan fingerprint density at radius 2 is 1.71 bits per heavy atom. The van der Waals surface area contributed by atoms with Crippen LogP contribution in [-0.4, -0.2) is 19.9 Å². The van der Waals surface area contributed by atoms with Crippen LogP contribution in [0.5, 0.6) is 0 Å². The molecule has 21 heavy (non-hydrogen) atoms. The molecule has 0 amide bonds. The number of carbonyl (C=O) groups is 1. The maximum atomic E-state index is 12.0. The smallest absolute Gasteiger partial charge is 0.185 e. The molecule has 0 bridgehead atoms. The Morgan fingerprint density at radius 1 is 1.05 bits per heavy atom. The number of hydrogen-bond donors (Lipinski definition) is 0. The molecule has 0 atom stereocenters. The summed E-state index contributed by atoms with van der Waals surface area (Å²) in [6.45, 7) is 0. The van der Waals surface area contributed by atoms with Gasteiger partial charge in [0.2, 0.25) is 0 Å². The van der Waals surface area contributed by atoms with Crippen LogP contribution in [0, 0.1) is 0 Å². The van der Waals surface area contributed by atoms with Gasteiger partial charge in [0.25, 0.3) is 0 Å². The number of hydrogen-bond acceptors (Lipinski definition) is 2. The van der Waals surface area contributed by atoms with Crippen LogP contribution in [0.15, 0.2) is 48.5 Å². The molecule has 0 N–H and O–H groups in total. The lowest BCUT2D eigenvalue weighted by Crippen LogP contribution is -2.08. The average Bonchev–Trinajstić information content (AvgIpc) is 2.46. The zero-order chi connectivity index (χ0) is 15.4. The van der Waals surface area contributed by atoms with E-state index in [1.165, 1.54) is 6.08 Å². The lowest BCUT2D eigenvalue weighted by Gasteiger charge is -2.13. The summed E-state index contributed by atoms with van der Waals surface area (Å²) in [6.07, 6.45) is 3.23. The summed E-state index contributed by atoms with van der Waals surface area (Å²) >= 11 is 12.0. The molecular weight excluding hydrogens is 305 g/mol. The third-order valence-electron chi connectivity index (χ3n) is 3.04. The highest BCUT2D eigenvalue weighted by molar-refractivity contribution is 6.32. The first-order chi connectivity index (χ1) is 9.97. The van der Waals surface area contributed by atoms with Gasteiger partial charge in [-0.15, -0.1) is 0 Å². The van der Waals surface area contributed by atoms with Gasteiger partial charge in [-0.05, 0) is 54.1 Å². The van der Waals surface area contributed by atoms with E-state index in [0.717, 1.165) is 11.3 Å². The molecule has 0 spiro atoms. The fraction of sp³-hybridized carbons (Fsp3) is 0.118. The first-order valence-corrected chi connectivity index (χ1v) is 7.18. The van der Waals surface area contributed by atoms with E-state index >= 15 is 0 Å². The van der Waals surface area contributed by atoms with Gasteiger partial charge in [0.05, 0.1) is 0 Å². The summed E-state index contributed by atoms with van der Waals surface area (Å²) in [5, 5.41) is 1.22. The third kappa shape index (κ3) is 4.10. The Morgan fingerprint density at radius 3 is 2.29 bits per heavy atom. The van der Waals surface area contributed by atoms with Crippen molar-refractivity contribution >= 4 is 40.7 Å². The highest BCUT2D eigenvalue weighted by Crippen LogP contribution is 2.23. The Hall–Kier alpha value is -1.77. The van der Waals surface area contributed by atoms with Gasteiger partial charge >= 0.3 is 0 Å². The molecule has 108 valence electrons. The van der Waals surface area contributed by atoms with Crippen molar-refractivity contribution in [1.29, 1.82) is 0 Å². The minimum Gasteiger partial charge on any atom is -0.378 e. The monoisotopic (exact) mass is 319 g/mol. The van der Waals surface area contributed by atoms with E-state index in [-0.39, 0.29) is 5.78 Å². The number of ketones is 1. The van der Waals surface area contributed by atoms with Crippen LogP contribution >= 0.6 is 23.2 Å².